The van der Waals surface area contributed by atoms with Crippen LogP contribution in [0.25, 0.3) is 0 Å². The van der Waals surface area contributed by atoms with Gasteiger partial charge in [-0.05, 0) is 56.4 Å². The van der Waals surface area contributed by atoms with Crippen molar-refractivity contribution in [2.75, 3.05) is 0 Å². The van der Waals surface area contributed by atoms with Gasteiger partial charge in [0.05, 0.1) is 23.3 Å². The molecule has 0 aliphatic carbocycles. The highest BCUT2D eigenvalue weighted by Crippen LogP contribution is 2.46. The first kappa shape index (κ1) is 30.9. The lowest BCUT2D eigenvalue weighted by molar-refractivity contribution is -0.123. The van der Waals surface area contributed by atoms with Gasteiger partial charge in [-0.15, -0.1) is 0 Å². The van der Waals surface area contributed by atoms with Crippen LogP contribution in [0.3, 0.4) is 0 Å². The van der Waals surface area contributed by atoms with E-state index in [1.165, 1.54) is 30.7 Å². The number of nitrogens with zero attached hydrogens (tertiary/aromatic N) is 2. The Morgan fingerprint density at radius 2 is 1.64 bits per heavy atom. The minimum atomic E-state index is -1.01. The number of carbonyl (C=O) groups is 3. The first-order valence-corrected chi connectivity index (χ1v) is 14.0. The van der Waals surface area contributed by atoms with E-state index in [0.717, 1.165) is 11.1 Å². The van der Waals surface area contributed by atoms with Crippen molar-refractivity contribution in [2.45, 2.75) is 70.6 Å². The number of nitrogens with one attached hydrogen (secondary N) is 2. The summed E-state index contributed by atoms with van der Waals surface area (Å²) in [5, 5.41) is 15.2. The van der Waals surface area contributed by atoms with Crippen molar-refractivity contribution in [1.29, 1.82) is 0 Å². The number of aromatic carboxylic acids is 1. The number of amides is 2. The lowest BCUT2D eigenvalue weighted by Crippen LogP contribution is -2.55. The number of aromatic nitrogens is 2. The molecule has 10 nitrogen and oxygen atoms in total. The van der Waals surface area contributed by atoms with Gasteiger partial charge in [0.15, 0.2) is 0 Å². The smallest absolute Gasteiger partial charge is 0.478 e. The fourth-order valence-corrected chi connectivity index (χ4v) is 5.05. The fourth-order valence-electron chi connectivity index (χ4n) is 5.05. The zero-order valence-electron chi connectivity index (χ0n) is 24.5. The molecule has 4 rings (SSSR count). The third kappa shape index (κ3) is 7.03. The van der Waals surface area contributed by atoms with Crippen molar-refractivity contribution in [2.24, 2.45) is 5.92 Å². The third-order valence-corrected chi connectivity index (χ3v) is 7.68. The van der Waals surface area contributed by atoms with E-state index in [9.17, 15) is 19.5 Å². The number of carboxylic acid groups (broad SMARTS) is 1. The molecule has 0 bridgehead atoms. The Bertz CT molecular complexity index is 1390. The second-order valence-corrected chi connectivity index (χ2v) is 11.6. The minimum absolute atomic E-state index is 0.107. The SMILES string of the molecule is CC(C)C[C@H](NC(=O)[C@H](Cc1ccccc1)NC(=O)c1cnccn1)B1OC(C)(C)C(C)(c2ccc(C(=O)O)cc2)O1. The van der Waals surface area contributed by atoms with Crippen LogP contribution in [-0.2, 0) is 26.1 Å². The quantitative estimate of drug-likeness (QED) is 0.295. The summed E-state index contributed by atoms with van der Waals surface area (Å²) in [7, 11) is -0.802. The molecule has 2 aromatic carbocycles. The third-order valence-electron chi connectivity index (χ3n) is 7.68. The highest BCUT2D eigenvalue weighted by Gasteiger charge is 2.57. The zero-order chi connectivity index (χ0) is 30.5. The molecule has 0 spiro atoms. The van der Waals surface area contributed by atoms with Gasteiger partial charge in [0.1, 0.15) is 17.3 Å². The molecule has 3 aromatic rings. The van der Waals surface area contributed by atoms with E-state index in [-0.39, 0.29) is 29.5 Å². The number of hydrogen-bond acceptors (Lipinski definition) is 7. The van der Waals surface area contributed by atoms with Gasteiger partial charge in [-0.1, -0.05) is 56.3 Å². The first-order valence-electron chi connectivity index (χ1n) is 14.0. The molecular weight excluding hydrogens is 535 g/mol. The molecule has 1 aliphatic heterocycles. The molecule has 2 amide bonds. The van der Waals surface area contributed by atoms with Crippen molar-refractivity contribution in [3.8, 4) is 0 Å². The normalized spacial score (nSPS) is 19.2. The van der Waals surface area contributed by atoms with Gasteiger partial charge in [-0.3, -0.25) is 14.6 Å². The highest BCUT2D eigenvalue weighted by atomic mass is 16.7. The first-order chi connectivity index (χ1) is 19.9. The Labute approximate surface area is 246 Å². The van der Waals surface area contributed by atoms with Crippen LogP contribution in [0.4, 0.5) is 0 Å². The monoisotopic (exact) mass is 572 g/mol. The molecule has 3 atom stereocenters. The van der Waals surface area contributed by atoms with Crippen LogP contribution in [0.1, 0.15) is 73.0 Å². The molecular formula is C31H37BN4O6. The Morgan fingerprint density at radius 1 is 0.952 bits per heavy atom. The summed E-state index contributed by atoms with van der Waals surface area (Å²) in [6.07, 6.45) is 5.05. The predicted molar refractivity (Wildman–Crippen MR) is 158 cm³/mol. The fraction of sp³-hybridized carbons (Fsp3) is 0.387. The Morgan fingerprint density at radius 3 is 2.24 bits per heavy atom. The van der Waals surface area contributed by atoms with Crippen LogP contribution in [0.2, 0.25) is 0 Å². The van der Waals surface area contributed by atoms with Crippen molar-refractivity contribution in [1.82, 2.24) is 20.6 Å². The van der Waals surface area contributed by atoms with Crippen molar-refractivity contribution >= 4 is 24.9 Å². The largest absolute Gasteiger partial charge is 0.482 e. The molecule has 1 saturated heterocycles. The molecule has 1 unspecified atom stereocenters. The van der Waals surface area contributed by atoms with Crippen molar-refractivity contribution < 1.29 is 28.8 Å². The number of benzene rings is 2. The lowest BCUT2D eigenvalue weighted by Gasteiger charge is -2.37. The maximum Gasteiger partial charge on any atom is 0.482 e. The molecule has 3 N–H and O–H groups in total. The van der Waals surface area contributed by atoms with Crippen LogP contribution >= 0.6 is 0 Å². The summed E-state index contributed by atoms with van der Waals surface area (Å²) >= 11 is 0. The van der Waals surface area contributed by atoms with Crippen LogP contribution < -0.4 is 10.6 Å². The van der Waals surface area contributed by atoms with E-state index in [2.05, 4.69) is 20.6 Å². The summed E-state index contributed by atoms with van der Waals surface area (Å²) in [5.41, 5.74) is 0.173. The van der Waals surface area contributed by atoms with E-state index in [0.29, 0.717) is 6.42 Å². The number of carboxylic acids is 1. The highest BCUT2D eigenvalue weighted by molar-refractivity contribution is 6.48. The van der Waals surface area contributed by atoms with Crippen LogP contribution in [0.15, 0.2) is 73.2 Å². The maximum absolute atomic E-state index is 13.8. The predicted octanol–water partition coefficient (Wildman–Crippen LogP) is 3.82. The second-order valence-electron chi connectivity index (χ2n) is 11.6. The molecule has 1 fully saturated rings. The average Bonchev–Trinajstić information content (AvgIpc) is 3.22. The molecule has 11 heteroatoms. The Hall–Kier alpha value is -4.09. The topological polar surface area (TPSA) is 140 Å². The van der Waals surface area contributed by atoms with Gasteiger partial charge in [-0.25, -0.2) is 9.78 Å². The van der Waals surface area contributed by atoms with Crippen LogP contribution in [-0.4, -0.2) is 57.6 Å². The molecule has 1 aliphatic rings. The van der Waals surface area contributed by atoms with Gasteiger partial charge < -0.3 is 25.0 Å². The summed E-state index contributed by atoms with van der Waals surface area (Å²) in [6, 6.07) is 15.1. The van der Waals surface area contributed by atoms with Crippen LogP contribution in [0.5, 0.6) is 0 Å². The molecule has 0 saturated carbocycles. The summed E-state index contributed by atoms with van der Waals surface area (Å²) in [6.45, 7) is 9.80. The van der Waals surface area contributed by atoms with Gasteiger partial charge in [0.2, 0.25) is 5.91 Å². The van der Waals surface area contributed by atoms with Gasteiger partial charge in [0, 0.05) is 18.8 Å². The van der Waals surface area contributed by atoms with E-state index in [1.807, 2.05) is 65.0 Å². The standard InChI is InChI=1S/C31H37BN4O6/c1-20(2)17-26(32-41-30(3,4)31(5,42-32)23-13-11-22(12-14-23)29(39)40)36-27(37)24(18-21-9-7-6-8-10-21)35-28(38)25-19-33-15-16-34-25/h6-16,19-20,24,26H,17-18H2,1-5H3,(H,35,38)(H,36,37)(H,39,40)/t24-,26-,31?/m0/s1. The van der Waals surface area contributed by atoms with Crippen molar-refractivity contribution in [3.05, 3.63) is 95.6 Å². The van der Waals surface area contributed by atoms with Gasteiger partial charge >= 0.3 is 13.1 Å². The summed E-state index contributed by atoms with van der Waals surface area (Å²) in [5.74, 6) is -2.25. The van der Waals surface area contributed by atoms with Crippen molar-refractivity contribution in [3.63, 3.8) is 0 Å². The van der Waals surface area contributed by atoms with E-state index in [1.54, 1.807) is 12.1 Å². The maximum atomic E-state index is 13.8. The van der Waals surface area contributed by atoms with E-state index < -0.39 is 42.2 Å². The molecule has 2 heterocycles. The number of rotatable bonds is 11. The second kappa shape index (κ2) is 12.8. The molecule has 1 aromatic heterocycles. The lowest BCUT2D eigenvalue weighted by atomic mass is 9.73. The molecule has 0 radical (unpaired) electrons. The average molecular weight is 572 g/mol. The van der Waals surface area contributed by atoms with E-state index >= 15 is 0 Å². The number of hydrogen-bond donors (Lipinski definition) is 3. The Balaban J connectivity index is 1.58. The Kier molecular flexibility index (Phi) is 9.43. The van der Waals surface area contributed by atoms with Gasteiger partial charge in [0.25, 0.3) is 5.91 Å². The molecule has 220 valence electrons. The number of carbonyl (C=O) groups excluding carboxylic acids is 2. The zero-order valence-corrected chi connectivity index (χ0v) is 24.5. The molecule has 42 heavy (non-hydrogen) atoms. The summed E-state index contributed by atoms with van der Waals surface area (Å²) < 4.78 is 13.0. The van der Waals surface area contributed by atoms with E-state index in [4.69, 9.17) is 9.31 Å². The van der Waals surface area contributed by atoms with Gasteiger partial charge in [-0.2, -0.15) is 0 Å². The summed E-state index contributed by atoms with van der Waals surface area (Å²) in [4.78, 5) is 46.2. The van der Waals surface area contributed by atoms with Crippen LogP contribution in [0, 0.1) is 5.92 Å². The minimum Gasteiger partial charge on any atom is -0.478 e.